The van der Waals surface area contributed by atoms with Gasteiger partial charge < -0.3 is 19.5 Å². The van der Waals surface area contributed by atoms with Crippen molar-refractivity contribution < 1.29 is 14.6 Å². The van der Waals surface area contributed by atoms with Crippen molar-refractivity contribution in [2.75, 3.05) is 43.2 Å². The van der Waals surface area contributed by atoms with Crippen molar-refractivity contribution in [1.29, 1.82) is 0 Å². The molecule has 3 rings (SSSR count). The van der Waals surface area contributed by atoms with E-state index >= 15 is 0 Å². The standard InChI is InChI=1S/C19H25N5O3/c1-3-8-27-16-5-4-15(17(25)12-16)13-20-23-18-11-14(2)21-19(22-18)24-6-9-26-10-7-24/h4-5,11-13,25H,3,6-10H2,1-2H3,(H,21,22,23)/b20-13+. The molecule has 0 atom stereocenters. The zero-order valence-corrected chi connectivity index (χ0v) is 15.7. The lowest BCUT2D eigenvalue weighted by Gasteiger charge is -2.27. The SMILES string of the molecule is CCCOc1ccc(/C=N/Nc2cc(C)nc(N3CCOCC3)n2)c(O)c1. The Bertz CT molecular complexity index is 791. The maximum absolute atomic E-state index is 10.1. The zero-order valence-electron chi connectivity index (χ0n) is 15.7. The van der Waals surface area contributed by atoms with E-state index in [1.807, 2.05) is 26.0 Å². The minimum absolute atomic E-state index is 0.113. The minimum Gasteiger partial charge on any atom is -0.507 e. The molecule has 1 aromatic carbocycles. The van der Waals surface area contributed by atoms with Crippen LogP contribution >= 0.6 is 0 Å². The second-order valence-electron chi connectivity index (χ2n) is 6.23. The number of aromatic hydroxyl groups is 1. The molecule has 2 aromatic rings. The number of aromatic nitrogens is 2. The van der Waals surface area contributed by atoms with E-state index in [-0.39, 0.29) is 5.75 Å². The topological polar surface area (TPSA) is 92.1 Å². The molecular formula is C19H25N5O3. The van der Waals surface area contributed by atoms with Crippen LogP contribution in [0.2, 0.25) is 0 Å². The summed E-state index contributed by atoms with van der Waals surface area (Å²) in [6.45, 7) is 7.46. The number of rotatable bonds is 7. The highest BCUT2D eigenvalue weighted by Gasteiger charge is 2.14. The average Bonchev–Trinajstić information content (AvgIpc) is 2.68. The van der Waals surface area contributed by atoms with Gasteiger partial charge in [-0.15, -0.1) is 0 Å². The highest BCUT2D eigenvalue weighted by molar-refractivity contribution is 5.84. The number of anilines is 2. The first-order valence-corrected chi connectivity index (χ1v) is 9.09. The van der Waals surface area contributed by atoms with E-state index in [2.05, 4.69) is 25.4 Å². The fourth-order valence-electron chi connectivity index (χ4n) is 2.63. The monoisotopic (exact) mass is 371 g/mol. The fourth-order valence-corrected chi connectivity index (χ4v) is 2.63. The zero-order chi connectivity index (χ0) is 19.1. The summed E-state index contributed by atoms with van der Waals surface area (Å²) in [6, 6.07) is 6.98. The molecule has 1 aliphatic heterocycles. The van der Waals surface area contributed by atoms with E-state index in [1.54, 1.807) is 18.3 Å². The second kappa shape index (κ2) is 9.18. The molecule has 2 heterocycles. The maximum atomic E-state index is 10.1. The molecule has 0 bridgehead atoms. The number of benzene rings is 1. The van der Waals surface area contributed by atoms with Crippen LogP contribution in [-0.2, 0) is 4.74 Å². The number of hydrogen-bond donors (Lipinski definition) is 2. The summed E-state index contributed by atoms with van der Waals surface area (Å²) in [6.07, 6.45) is 2.46. The quantitative estimate of drug-likeness (QED) is 0.571. The third-order valence-corrected chi connectivity index (χ3v) is 3.99. The van der Waals surface area contributed by atoms with Gasteiger partial charge in [-0.05, 0) is 25.5 Å². The van der Waals surface area contributed by atoms with Gasteiger partial charge in [-0.3, -0.25) is 5.43 Å². The molecule has 0 radical (unpaired) electrons. The molecule has 8 nitrogen and oxygen atoms in total. The van der Waals surface area contributed by atoms with Gasteiger partial charge in [0.05, 0.1) is 26.0 Å². The Balaban J connectivity index is 1.66. The Morgan fingerprint density at radius 1 is 1.30 bits per heavy atom. The molecule has 1 aliphatic rings. The molecule has 0 spiro atoms. The summed E-state index contributed by atoms with van der Waals surface area (Å²) in [5.74, 6) is 2.02. The summed E-state index contributed by atoms with van der Waals surface area (Å²) in [4.78, 5) is 11.1. The van der Waals surface area contributed by atoms with Gasteiger partial charge in [-0.2, -0.15) is 10.1 Å². The molecule has 0 amide bonds. The Morgan fingerprint density at radius 2 is 2.11 bits per heavy atom. The molecule has 2 N–H and O–H groups in total. The lowest BCUT2D eigenvalue weighted by Crippen LogP contribution is -2.37. The summed E-state index contributed by atoms with van der Waals surface area (Å²) in [5.41, 5.74) is 4.35. The van der Waals surface area contributed by atoms with Gasteiger partial charge in [0.25, 0.3) is 0 Å². The Kier molecular flexibility index (Phi) is 6.43. The smallest absolute Gasteiger partial charge is 0.227 e. The highest BCUT2D eigenvalue weighted by atomic mass is 16.5. The summed E-state index contributed by atoms with van der Waals surface area (Å²) in [5, 5.41) is 14.3. The van der Waals surface area contributed by atoms with Crippen LogP contribution in [0.4, 0.5) is 11.8 Å². The molecule has 0 saturated carbocycles. The number of morpholine rings is 1. The summed E-state index contributed by atoms with van der Waals surface area (Å²) >= 11 is 0. The minimum atomic E-state index is 0.113. The van der Waals surface area contributed by atoms with Crippen LogP contribution < -0.4 is 15.1 Å². The van der Waals surface area contributed by atoms with E-state index in [0.717, 1.165) is 25.2 Å². The normalized spacial score (nSPS) is 14.5. The third kappa shape index (κ3) is 5.30. The number of hydrazone groups is 1. The van der Waals surface area contributed by atoms with Crippen molar-refractivity contribution in [3.63, 3.8) is 0 Å². The van der Waals surface area contributed by atoms with E-state index in [0.29, 0.717) is 42.9 Å². The van der Waals surface area contributed by atoms with E-state index in [1.165, 1.54) is 0 Å². The van der Waals surface area contributed by atoms with Crippen LogP contribution in [0.1, 0.15) is 24.6 Å². The van der Waals surface area contributed by atoms with Gasteiger partial charge in [0.2, 0.25) is 5.95 Å². The second-order valence-corrected chi connectivity index (χ2v) is 6.23. The van der Waals surface area contributed by atoms with Crippen molar-refractivity contribution in [2.45, 2.75) is 20.3 Å². The van der Waals surface area contributed by atoms with Gasteiger partial charge in [-0.1, -0.05) is 6.92 Å². The largest absolute Gasteiger partial charge is 0.507 e. The third-order valence-electron chi connectivity index (χ3n) is 3.99. The molecule has 27 heavy (non-hydrogen) atoms. The number of aryl methyl sites for hydroxylation is 1. The van der Waals surface area contributed by atoms with Gasteiger partial charge >= 0.3 is 0 Å². The first kappa shape index (κ1) is 18.9. The predicted octanol–water partition coefficient (Wildman–Crippen LogP) is 2.56. The summed E-state index contributed by atoms with van der Waals surface area (Å²) in [7, 11) is 0. The Hall–Kier alpha value is -2.87. The van der Waals surface area contributed by atoms with Crippen LogP contribution in [-0.4, -0.2) is 54.2 Å². The molecule has 0 aliphatic carbocycles. The molecule has 1 saturated heterocycles. The Labute approximate surface area is 158 Å². The number of ether oxygens (including phenoxy) is 2. The maximum Gasteiger partial charge on any atom is 0.227 e. The lowest BCUT2D eigenvalue weighted by atomic mass is 10.2. The number of nitrogens with one attached hydrogen (secondary N) is 1. The van der Waals surface area contributed by atoms with Gasteiger partial charge in [0, 0.05) is 36.5 Å². The van der Waals surface area contributed by atoms with Crippen molar-refractivity contribution in [2.24, 2.45) is 5.10 Å². The first-order valence-electron chi connectivity index (χ1n) is 9.09. The van der Waals surface area contributed by atoms with Crippen LogP contribution in [0.3, 0.4) is 0 Å². The number of phenols is 1. The highest BCUT2D eigenvalue weighted by Crippen LogP contribution is 2.22. The number of phenolic OH excluding ortho intramolecular Hbond substituents is 1. The predicted molar refractivity (Wildman–Crippen MR) is 105 cm³/mol. The lowest BCUT2D eigenvalue weighted by molar-refractivity contribution is 0.122. The molecule has 1 aromatic heterocycles. The number of hydrogen-bond acceptors (Lipinski definition) is 8. The van der Waals surface area contributed by atoms with Gasteiger partial charge in [-0.25, -0.2) is 4.98 Å². The van der Waals surface area contributed by atoms with Crippen LogP contribution in [0.5, 0.6) is 11.5 Å². The van der Waals surface area contributed by atoms with Crippen LogP contribution in [0, 0.1) is 6.92 Å². The molecule has 8 heteroatoms. The van der Waals surface area contributed by atoms with Gasteiger partial charge in [0.15, 0.2) is 5.82 Å². The van der Waals surface area contributed by atoms with Crippen molar-refractivity contribution in [3.05, 3.63) is 35.5 Å². The average molecular weight is 371 g/mol. The van der Waals surface area contributed by atoms with Gasteiger partial charge in [0.1, 0.15) is 11.5 Å². The number of nitrogens with zero attached hydrogens (tertiary/aromatic N) is 4. The van der Waals surface area contributed by atoms with Crippen molar-refractivity contribution >= 4 is 18.0 Å². The van der Waals surface area contributed by atoms with Crippen LogP contribution in [0.15, 0.2) is 29.4 Å². The van der Waals surface area contributed by atoms with Crippen molar-refractivity contribution in [3.8, 4) is 11.5 Å². The summed E-state index contributed by atoms with van der Waals surface area (Å²) < 4.78 is 10.9. The molecular weight excluding hydrogens is 346 g/mol. The first-order chi connectivity index (χ1) is 13.2. The van der Waals surface area contributed by atoms with E-state index in [4.69, 9.17) is 9.47 Å². The molecule has 144 valence electrons. The van der Waals surface area contributed by atoms with E-state index in [9.17, 15) is 5.11 Å². The fraction of sp³-hybridized carbons (Fsp3) is 0.421. The molecule has 0 unspecified atom stereocenters. The van der Waals surface area contributed by atoms with Crippen molar-refractivity contribution in [1.82, 2.24) is 9.97 Å². The molecule has 1 fully saturated rings. The van der Waals surface area contributed by atoms with E-state index < -0.39 is 0 Å². The Morgan fingerprint density at radius 3 is 2.85 bits per heavy atom. The van der Waals surface area contributed by atoms with Crippen LogP contribution in [0.25, 0.3) is 0 Å².